The summed E-state index contributed by atoms with van der Waals surface area (Å²) in [5, 5.41) is 10.7. The summed E-state index contributed by atoms with van der Waals surface area (Å²) in [7, 11) is 0. The van der Waals surface area contributed by atoms with E-state index in [0.717, 1.165) is 16.4 Å². The van der Waals surface area contributed by atoms with Crippen molar-refractivity contribution in [3.63, 3.8) is 0 Å². The maximum Gasteiger partial charge on any atom is 0.280 e. The number of nitrogens with zero attached hydrogens (tertiary/aromatic N) is 2. The number of aromatic nitrogens is 2. The van der Waals surface area contributed by atoms with Crippen molar-refractivity contribution in [2.24, 2.45) is 0 Å². The van der Waals surface area contributed by atoms with Crippen LogP contribution in [0.3, 0.4) is 0 Å². The van der Waals surface area contributed by atoms with E-state index in [2.05, 4.69) is 4.98 Å². The van der Waals surface area contributed by atoms with Crippen molar-refractivity contribution in [1.82, 2.24) is 9.66 Å². The summed E-state index contributed by atoms with van der Waals surface area (Å²) in [5.74, 6) is 4.46. The molecule has 1 aromatic carbocycles. The topological polar surface area (TPSA) is 101 Å². The van der Waals surface area contributed by atoms with Crippen LogP contribution in [0.4, 0.5) is 0 Å². The van der Waals surface area contributed by atoms with E-state index in [1.807, 2.05) is 0 Å². The zero-order valence-electron chi connectivity index (χ0n) is 10.2. The molecule has 1 heterocycles. The minimum Gasteiger partial charge on any atom is -0.549 e. The molecule has 0 aliphatic carbocycles. The Morgan fingerprint density at radius 1 is 1.53 bits per heavy atom. The highest BCUT2D eigenvalue weighted by molar-refractivity contribution is 8.00. The molecule has 0 radical (unpaired) electrons. The van der Waals surface area contributed by atoms with Gasteiger partial charge in [0.2, 0.25) is 0 Å². The Balaban J connectivity index is 2.52. The molecule has 0 aliphatic heterocycles. The molecule has 0 fully saturated rings. The fourth-order valence-corrected chi connectivity index (χ4v) is 2.50. The van der Waals surface area contributed by atoms with Crippen molar-refractivity contribution in [2.45, 2.75) is 23.8 Å². The lowest BCUT2D eigenvalue weighted by atomic mass is 10.2. The van der Waals surface area contributed by atoms with Gasteiger partial charge in [0, 0.05) is 0 Å². The number of para-hydroxylation sites is 1. The summed E-state index contributed by atoms with van der Waals surface area (Å²) in [6.07, 6.45) is 0.357. The summed E-state index contributed by atoms with van der Waals surface area (Å²) < 4.78 is 0.874. The number of hydrogen-bond donors (Lipinski definition) is 1. The molecule has 0 saturated carbocycles. The van der Waals surface area contributed by atoms with E-state index in [-0.39, 0.29) is 5.16 Å². The highest BCUT2D eigenvalue weighted by atomic mass is 32.2. The van der Waals surface area contributed by atoms with Gasteiger partial charge in [0.05, 0.1) is 22.1 Å². The van der Waals surface area contributed by atoms with Gasteiger partial charge in [-0.1, -0.05) is 30.8 Å². The van der Waals surface area contributed by atoms with E-state index < -0.39 is 16.8 Å². The number of carboxylic acids is 1. The number of rotatable bonds is 4. The lowest BCUT2D eigenvalue weighted by molar-refractivity contribution is -0.304. The van der Waals surface area contributed by atoms with Gasteiger partial charge in [-0.25, -0.2) is 9.66 Å². The van der Waals surface area contributed by atoms with Gasteiger partial charge in [-0.2, -0.15) is 0 Å². The van der Waals surface area contributed by atoms with Crippen LogP contribution in [0.2, 0.25) is 0 Å². The van der Waals surface area contributed by atoms with Crippen LogP contribution in [-0.2, 0) is 4.79 Å². The van der Waals surface area contributed by atoms with Gasteiger partial charge in [-0.15, -0.1) is 0 Å². The summed E-state index contributed by atoms with van der Waals surface area (Å²) in [6, 6.07) is 6.77. The normalized spacial score (nSPS) is 12.5. The van der Waals surface area contributed by atoms with Gasteiger partial charge in [-0.05, 0) is 18.6 Å². The Morgan fingerprint density at radius 2 is 2.21 bits per heavy atom. The minimum absolute atomic E-state index is 0.166. The first-order valence-corrected chi connectivity index (χ1v) is 6.57. The van der Waals surface area contributed by atoms with Crippen molar-refractivity contribution in [3.8, 4) is 0 Å². The molecule has 0 spiro atoms. The molecule has 19 heavy (non-hydrogen) atoms. The lowest BCUT2D eigenvalue weighted by Gasteiger charge is -2.16. The third-order valence-corrected chi connectivity index (χ3v) is 3.97. The van der Waals surface area contributed by atoms with E-state index >= 15 is 0 Å². The second-order valence-electron chi connectivity index (χ2n) is 3.92. The molecule has 0 amide bonds. The average Bonchev–Trinajstić information content (AvgIpc) is 2.41. The molecule has 0 aliphatic rings. The van der Waals surface area contributed by atoms with Gasteiger partial charge in [0.25, 0.3) is 5.56 Å². The second-order valence-corrected chi connectivity index (χ2v) is 5.09. The van der Waals surface area contributed by atoms with E-state index in [9.17, 15) is 14.7 Å². The number of carbonyl (C=O) groups excluding carboxylic acids is 1. The number of nitrogens with two attached hydrogens (primary N) is 1. The fourth-order valence-electron chi connectivity index (χ4n) is 1.63. The Bertz CT molecular complexity index is 683. The predicted molar refractivity (Wildman–Crippen MR) is 71.1 cm³/mol. The summed E-state index contributed by atoms with van der Waals surface area (Å²) in [4.78, 5) is 27.1. The van der Waals surface area contributed by atoms with Gasteiger partial charge < -0.3 is 15.7 Å². The van der Waals surface area contributed by atoms with Crippen molar-refractivity contribution >= 4 is 28.6 Å². The molecular weight excluding hydrogens is 266 g/mol. The molecule has 2 N–H and O–H groups in total. The van der Waals surface area contributed by atoms with Gasteiger partial charge in [-0.3, -0.25) is 4.79 Å². The van der Waals surface area contributed by atoms with Crippen molar-refractivity contribution < 1.29 is 9.90 Å². The number of carboxylic acid groups (broad SMARTS) is 1. The molecule has 2 rings (SSSR count). The number of nitrogen functional groups attached to an aromatic ring is 1. The van der Waals surface area contributed by atoms with Crippen molar-refractivity contribution in [3.05, 3.63) is 34.6 Å². The van der Waals surface area contributed by atoms with Crippen molar-refractivity contribution in [1.29, 1.82) is 0 Å². The van der Waals surface area contributed by atoms with Gasteiger partial charge in [0.15, 0.2) is 5.16 Å². The van der Waals surface area contributed by atoms with E-state index in [0.29, 0.717) is 17.3 Å². The summed E-state index contributed by atoms with van der Waals surface area (Å²) in [5.41, 5.74) is 0.0891. The van der Waals surface area contributed by atoms with Crippen LogP contribution < -0.4 is 16.5 Å². The first-order chi connectivity index (χ1) is 9.04. The van der Waals surface area contributed by atoms with Crippen LogP contribution in [0.1, 0.15) is 13.3 Å². The molecule has 0 saturated heterocycles. The molecule has 2 aromatic rings. The van der Waals surface area contributed by atoms with Gasteiger partial charge in [0.1, 0.15) is 0 Å². The number of carbonyl (C=O) groups is 1. The van der Waals surface area contributed by atoms with Crippen LogP contribution in [0.15, 0.2) is 34.2 Å². The third-order valence-electron chi connectivity index (χ3n) is 2.66. The number of benzene rings is 1. The Hall–Kier alpha value is -2.02. The van der Waals surface area contributed by atoms with Crippen LogP contribution in [0, 0.1) is 0 Å². The maximum atomic E-state index is 12.0. The van der Waals surface area contributed by atoms with E-state index in [1.54, 1.807) is 31.2 Å². The number of aliphatic carboxylic acids is 1. The monoisotopic (exact) mass is 278 g/mol. The largest absolute Gasteiger partial charge is 0.549 e. The van der Waals surface area contributed by atoms with E-state index in [1.165, 1.54) is 0 Å². The lowest BCUT2D eigenvalue weighted by Crippen LogP contribution is -2.35. The first-order valence-electron chi connectivity index (χ1n) is 5.69. The second kappa shape index (κ2) is 5.31. The minimum atomic E-state index is -1.20. The van der Waals surface area contributed by atoms with Crippen LogP contribution >= 0.6 is 11.8 Å². The molecular formula is C12H12N3O3S-. The predicted octanol–water partition coefficient (Wildman–Crippen LogP) is -0.269. The number of fused-ring (bicyclic) bond motifs is 1. The van der Waals surface area contributed by atoms with Gasteiger partial charge >= 0.3 is 0 Å². The summed E-state index contributed by atoms with van der Waals surface area (Å²) in [6.45, 7) is 1.72. The number of thioether (sulfide) groups is 1. The standard InChI is InChI=1S/C12H13N3O3S/c1-2-9(11(17)18)19-12-14-8-6-4-3-5-7(8)10(16)15(12)13/h3-6,9H,2,13H2,1H3,(H,17,18)/p-1. The quantitative estimate of drug-likeness (QED) is 0.469. The average molecular weight is 278 g/mol. The smallest absolute Gasteiger partial charge is 0.280 e. The zero-order chi connectivity index (χ0) is 14.0. The number of hydrogen-bond acceptors (Lipinski definition) is 6. The van der Waals surface area contributed by atoms with E-state index in [4.69, 9.17) is 5.84 Å². The highest BCUT2D eigenvalue weighted by Gasteiger charge is 2.15. The Labute approximate surface area is 113 Å². The Kier molecular flexibility index (Phi) is 3.75. The molecule has 100 valence electrons. The van der Waals surface area contributed by atoms with Crippen LogP contribution in [-0.4, -0.2) is 20.9 Å². The molecule has 6 nitrogen and oxygen atoms in total. The van der Waals surface area contributed by atoms with Crippen LogP contribution in [0.5, 0.6) is 0 Å². The zero-order valence-corrected chi connectivity index (χ0v) is 11.0. The maximum absolute atomic E-state index is 12.0. The van der Waals surface area contributed by atoms with Crippen LogP contribution in [0.25, 0.3) is 10.9 Å². The highest BCUT2D eigenvalue weighted by Crippen LogP contribution is 2.22. The third kappa shape index (κ3) is 2.55. The molecule has 1 aromatic heterocycles. The van der Waals surface area contributed by atoms with Crippen molar-refractivity contribution in [2.75, 3.05) is 5.84 Å². The molecule has 0 bridgehead atoms. The Morgan fingerprint density at radius 3 is 2.84 bits per heavy atom. The molecule has 1 atom stereocenters. The summed E-state index contributed by atoms with van der Waals surface area (Å²) >= 11 is 0.917. The SMILES string of the molecule is CCC(Sc1nc2ccccc2c(=O)n1N)C(=O)[O-]. The fraction of sp³-hybridized carbons (Fsp3) is 0.250. The molecule has 1 unspecified atom stereocenters. The first kappa shape index (κ1) is 13.4. The molecule has 7 heteroatoms.